The summed E-state index contributed by atoms with van der Waals surface area (Å²) in [5, 5.41) is 0. The molecule has 1 aromatic heterocycles. The number of aromatic amines is 1. The number of benzene rings is 1. The summed E-state index contributed by atoms with van der Waals surface area (Å²) in [4.78, 5) is 33.6. The predicted octanol–water partition coefficient (Wildman–Crippen LogP) is 3.37. The fraction of sp³-hybridized carbons (Fsp3) is 0.476. The highest BCUT2D eigenvalue weighted by Crippen LogP contribution is 2.21. The molecule has 0 aliphatic rings. The zero-order valence-corrected chi connectivity index (χ0v) is 17.0. The molecule has 0 saturated heterocycles. The first-order valence-corrected chi connectivity index (χ1v) is 9.15. The van der Waals surface area contributed by atoms with E-state index in [-0.39, 0.29) is 16.9 Å². The molecule has 0 atom stereocenters. The number of aromatic nitrogens is 2. The van der Waals surface area contributed by atoms with Gasteiger partial charge in [-0.25, -0.2) is 4.98 Å². The molecular formula is C21H29N3O3. The summed E-state index contributed by atoms with van der Waals surface area (Å²) in [6.07, 6.45) is 1.36. The molecular weight excluding hydrogens is 342 g/mol. The summed E-state index contributed by atoms with van der Waals surface area (Å²) in [5.41, 5.74) is 0.214. The topological polar surface area (TPSA) is 75.3 Å². The van der Waals surface area contributed by atoms with Gasteiger partial charge in [-0.3, -0.25) is 9.59 Å². The van der Waals surface area contributed by atoms with Gasteiger partial charge >= 0.3 is 0 Å². The van der Waals surface area contributed by atoms with Crippen molar-refractivity contribution in [3.63, 3.8) is 0 Å². The van der Waals surface area contributed by atoms with Crippen LogP contribution in [0.4, 0.5) is 0 Å². The summed E-state index contributed by atoms with van der Waals surface area (Å²) >= 11 is 0. The minimum Gasteiger partial charge on any atom is -0.493 e. The Morgan fingerprint density at radius 3 is 2.52 bits per heavy atom. The van der Waals surface area contributed by atoms with Gasteiger partial charge in [-0.2, -0.15) is 0 Å². The van der Waals surface area contributed by atoms with Crippen LogP contribution in [-0.2, 0) is 12.0 Å². The molecule has 0 bridgehead atoms. The van der Waals surface area contributed by atoms with Crippen LogP contribution < -0.4 is 10.3 Å². The average Bonchev–Trinajstić information content (AvgIpc) is 2.59. The quantitative estimate of drug-likeness (QED) is 0.845. The molecule has 146 valence electrons. The number of carbonyl (C=O) groups is 1. The summed E-state index contributed by atoms with van der Waals surface area (Å²) in [6, 6.07) is 7.62. The van der Waals surface area contributed by atoms with E-state index in [1.54, 1.807) is 7.05 Å². The molecule has 6 heteroatoms. The fourth-order valence-electron chi connectivity index (χ4n) is 2.49. The van der Waals surface area contributed by atoms with Gasteiger partial charge in [0.2, 0.25) is 0 Å². The number of rotatable bonds is 6. The Balaban J connectivity index is 2.18. The van der Waals surface area contributed by atoms with Crippen LogP contribution in [0.1, 0.15) is 56.4 Å². The van der Waals surface area contributed by atoms with E-state index < -0.39 is 5.56 Å². The van der Waals surface area contributed by atoms with Crippen molar-refractivity contribution in [2.24, 2.45) is 5.92 Å². The van der Waals surface area contributed by atoms with Crippen LogP contribution in [0.15, 0.2) is 35.3 Å². The maximum Gasteiger partial charge on any atom is 0.263 e. The van der Waals surface area contributed by atoms with Gasteiger partial charge in [-0.1, -0.05) is 52.8 Å². The lowest BCUT2D eigenvalue weighted by atomic mass is 9.96. The summed E-state index contributed by atoms with van der Waals surface area (Å²) in [7, 11) is 1.67. The van der Waals surface area contributed by atoms with Gasteiger partial charge in [-0.15, -0.1) is 0 Å². The summed E-state index contributed by atoms with van der Waals surface area (Å²) in [5.74, 6) is 1.34. The first-order valence-electron chi connectivity index (χ1n) is 9.15. The molecule has 1 amide bonds. The molecule has 1 aromatic carbocycles. The Bertz CT molecular complexity index is 850. The molecule has 1 N–H and O–H groups in total. The standard InChI is InChI=1S/C21H29N3O3/c1-14(2)13-27-17-10-8-7-9-15(17)12-24(6)19(26)16-11-22-20(21(3,4)5)23-18(16)25/h7-11,14H,12-13H2,1-6H3,(H,22,23,25). The number of ether oxygens (including phenoxy) is 1. The van der Waals surface area contributed by atoms with Crippen molar-refractivity contribution in [2.75, 3.05) is 13.7 Å². The fourth-order valence-corrected chi connectivity index (χ4v) is 2.49. The van der Waals surface area contributed by atoms with E-state index >= 15 is 0 Å². The molecule has 1 heterocycles. The molecule has 27 heavy (non-hydrogen) atoms. The third-order valence-electron chi connectivity index (χ3n) is 4.04. The summed E-state index contributed by atoms with van der Waals surface area (Å²) < 4.78 is 5.84. The lowest BCUT2D eigenvalue weighted by Crippen LogP contribution is -2.33. The number of nitrogens with one attached hydrogen (secondary N) is 1. The van der Waals surface area contributed by atoms with Crippen LogP contribution in [0.3, 0.4) is 0 Å². The maximum atomic E-state index is 12.7. The summed E-state index contributed by atoms with van der Waals surface area (Å²) in [6.45, 7) is 11.0. The number of para-hydroxylation sites is 1. The smallest absolute Gasteiger partial charge is 0.263 e. The molecule has 0 radical (unpaired) electrons. The zero-order chi connectivity index (χ0) is 20.2. The normalized spacial score (nSPS) is 11.5. The molecule has 6 nitrogen and oxygen atoms in total. The highest BCUT2D eigenvalue weighted by Gasteiger charge is 2.21. The van der Waals surface area contributed by atoms with Crippen LogP contribution in [0.5, 0.6) is 5.75 Å². The van der Waals surface area contributed by atoms with E-state index in [0.717, 1.165) is 11.3 Å². The van der Waals surface area contributed by atoms with Crippen molar-refractivity contribution < 1.29 is 9.53 Å². The lowest BCUT2D eigenvalue weighted by Gasteiger charge is -2.20. The number of nitrogens with zero attached hydrogens (tertiary/aromatic N) is 2. The van der Waals surface area contributed by atoms with E-state index in [0.29, 0.717) is 24.9 Å². The van der Waals surface area contributed by atoms with Crippen molar-refractivity contribution >= 4 is 5.91 Å². The van der Waals surface area contributed by atoms with Crippen LogP contribution in [0, 0.1) is 5.92 Å². The molecule has 2 rings (SSSR count). The van der Waals surface area contributed by atoms with Crippen molar-refractivity contribution in [3.05, 3.63) is 57.8 Å². The lowest BCUT2D eigenvalue weighted by molar-refractivity contribution is 0.0781. The Morgan fingerprint density at radius 2 is 1.93 bits per heavy atom. The zero-order valence-electron chi connectivity index (χ0n) is 17.0. The Hall–Kier alpha value is -2.63. The van der Waals surface area contributed by atoms with E-state index in [2.05, 4.69) is 23.8 Å². The molecule has 0 aliphatic heterocycles. The second-order valence-corrected chi connectivity index (χ2v) is 8.20. The maximum absolute atomic E-state index is 12.7. The van der Waals surface area contributed by atoms with Crippen LogP contribution in [-0.4, -0.2) is 34.4 Å². The van der Waals surface area contributed by atoms with Crippen molar-refractivity contribution in [2.45, 2.75) is 46.6 Å². The SMILES string of the molecule is CC(C)COc1ccccc1CN(C)C(=O)c1cnc(C(C)(C)C)[nH]c1=O. The highest BCUT2D eigenvalue weighted by molar-refractivity contribution is 5.93. The number of carbonyl (C=O) groups excluding carboxylic acids is 1. The molecule has 0 fully saturated rings. The van der Waals surface area contributed by atoms with E-state index in [1.165, 1.54) is 11.1 Å². The van der Waals surface area contributed by atoms with Crippen LogP contribution in [0.25, 0.3) is 0 Å². The van der Waals surface area contributed by atoms with Gasteiger partial charge in [0.15, 0.2) is 0 Å². The van der Waals surface area contributed by atoms with Gasteiger partial charge in [0.1, 0.15) is 17.1 Å². The molecule has 0 aliphatic carbocycles. The molecule has 0 saturated carbocycles. The Labute approximate surface area is 160 Å². The monoisotopic (exact) mass is 371 g/mol. The average molecular weight is 371 g/mol. The molecule has 0 unspecified atom stereocenters. The number of amides is 1. The number of hydrogen-bond donors (Lipinski definition) is 1. The van der Waals surface area contributed by atoms with Gasteiger partial charge in [0.25, 0.3) is 11.5 Å². The third-order valence-corrected chi connectivity index (χ3v) is 4.04. The minimum absolute atomic E-state index is 0.0334. The second-order valence-electron chi connectivity index (χ2n) is 8.20. The van der Waals surface area contributed by atoms with E-state index in [1.807, 2.05) is 45.0 Å². The van der Waals surface area contributed by atoms with Crippen molar-refractivity contribution in [3.8, 4) is 5.75 Å². The van der Waals surface area contributed by atoms with Crippen molar-refractivity contribution in [1.82, 2.24) is 14.9 Å². The van der Waals surface area contributed by atoms with Crippen molar-refractivity contribution in [1.29, 1.82) is 0 Å². The first-order chi connectivity index (χ1) is 12.6. The van der Waals surface area contributed by atoms with Gasteiger partial charge in [-0.05, 0) is 12.0 Å². The van der Waals surface area contributed by atoms with Crippen LogP contribution in [0.2, 0.25) is 0 Å². The largest absolute Gasteiger partial charge is 0.493 e. The third kappa shape index (κ3) is 5.42. The number of hydrogen-bond acceptors (Lipinski definition) is 4. The Morgan fingerprint density at radius 1 is 1.26 bits per heavy atom. The number of H-pyrrole nitrogens is 1. The van der Waals surface area contributed by atoms with E-state index in [4.69, 9.17) is 4.74 Å². The first kappa shape index (κ1) is 20.7. The van der Waals surface area contributed by atoms with Crippen LogP contribution >= 0.6 is 0 Å². The Kier molecular flexibility index (Phi) is 6.41. The predicted molar refractivity (Wildman–Crippen MR) is 106 cm³/mol. The minimum atomic E-state index is -0.420. The molecule has 0 spiro atoms. The van der Waals surface area contributed by atoms with Gasteiger partial charge < -0.3 is 14.6 Å². The van der Waals surface area contributed by atoms with Gasteiger partial charge in [0.05, 0.1) is 6.61 Å². The van der Waals surface area contributed by atoms with Gasteiger partial charge in [0, 0.05) is 30.8 Å². The second kappa shape index (κ2) is 8.37. The highest BCUT2D eigenvalue weighted by atomic mass is 16.5. The van der Waals surface area contributed by atoms with E-state index in [9.17, 15) is 9.59 Å². The molecule has 2 aromatic rings.